The van der Waals surface area contributed by atoms with E-state index in [-0.39, 0.29) is 0 Å². The van der Waals surface area contributed by atoms with Gasteiger partial charge < -0.3 is 10.1 Å². The summed E-state index contributed by atoms with van der Waals surface area (Å²) in [6.45, 7) is 4.49. The van der Waals surface area contributed by atoms with Gasteiger partial charge in [-0.15, -0.1) is 0 Å². The van der Waals surface area contributed by atoms with Crippen molar-refractivity contribution in [1.29, 1.82) is 0 Å². The average Bonchev–Trinajstić information content (AvgIpc) is 2.23. The van der Waals surface area contributed by atoms with Gasteiger partial charge in [0.1, 0.15) is 0 Å². The topological polar surface area (TPSA) is 21.3 Å². The summed E-state index contributed by atoms with van der Waals surface area (Å²) in [5, 5.41) is 3.69. The van der Waals surface area contributed by atoms with Crippen LogP contribution in [0.5, 0.6) is 0 Å². The molecule has 0 bridgehead atoms. The summed E-state index contributed by atoms with van der Waals surface area (Å²) in [5.41, 5.74) is 0. The van der Waals surface area contributed by atoms with Crippen molar-refractivity contribution >= 4 is 0 Å². The van der Waals surface area contributed by atoms with Crippen molar-refractivity contribution in [1.82, 2.24) is 5.32 Å². The summed E-state index contributed by atoms with van der Waals surface area (Å²) >= 11 is 0. The highest BCUT2D eigenvalue weighted by molar-refractivity contribution is 4.75. The molecule has 1 aliphatic carbocycles. The molecule has 2 nitrogen and oxygen atoms in total. The molecular weight excluding hydrogens is 186 g/mol. The predicted octanol–water partition coefficient (Wildman–Crippen LogP) is 2.97. The minimum absolute atomic E-state index is 0.802. The van der Waals surface area contributed by atoms with Crippen LogP contribution in [-0.4, -0.2) is 26.3 Å². The normalized spacial score (nSPS) is 26.8. The van der Waals surface area contributed by atoms with Crippen LogP contribution in [0.1, 0.15) is 51.9 Å². The van der Waals surface area contributed by atoms with Crippen molar-refractivity contribution < 1.29 is 4.74 Å². The van der Waals surface area contributed by atoms with E-state index in [0.29, 0.717) is 0 Å². The Bertz CT molecular complexity index is 149. The molecule has 0 radical (unpaired) electrons. The second-order valence-electron chi connectivity index (χ2n) is 4.98. The van der Waals surface area contributed by atoms with Crippen molar-refractivity contribution in [3.05, 3.63) is 0 Å². The first-order valence-corrected chi connectivity index (χ1v) is 6.55. The molecule has 2 unspecified atom stereocenters. The molecule has 1 rings (SSSR count). The third-order valence-electron chi connectivity index (χ3n) is 3.39. The fraction of sp³-hybridized carbons (Fsp3) is 1.00. The Morgan fingerprint density at radius 1 is 1.20 bits per heavy atom. The van der Waals surface area contributed by atoms with Gasteiger partial charge in [0.05, 0.1) is 0 Å². The summed E-state index contributed by atoms with van der Waals surface area (Å²) in [6, 6.07) is 0.802. The van der Waals surface area contributed by atoms with Gasteiger partial charge in [0, 0.05) is 19.8 Å². The highest BCUT2D eigenvalue weighted by Gasteiger charge is 2.17. The lowest BCUT2D eigenvalue weighted by Gasteiger charge is -2.27. The molecule has 0 aliphatic heterocycles. The molecule has 0 heterocycles. The zero-order valence-corrected chi connectivity index (χ0v) is 10.4. The second kappa shape index (κ2) is 8.12. The van der Waals surface area contributed by atoms with Crippen LogP contribution in [0.3, 0.4) is 0 Å². The fourth-order valence-corrected chi connectivity index (χ4v) is 2.47. The van der Waals surface area contributed by atoms with E-state index in [9.17, 15) is 0 Å². The summed E-state index contributed by atoms with van der Waals surface area (Å²) in [6.07, 6.45) is 9.44. The van der Waals surface area contributed by atoms with Gasteiger partial charge >= 0.3 is 0 Å². The van der Waals surface area contributed by atoms with Crippen molar-refractivity contribution in [3.8, 4) is 0 Å². The molecule has 1 aliphatic rings. The molecule has 0 amide bonds. The maximum absolute atomic E-state index is 5.03. The zero-order chi connectivity index (χ0) is 10.9. The highest BCUT2D eigenvalue weighted by Crippen LogP contribution is 2.23. The average molecular weight is 213 g/mol. The smallest absolute Gasteiger partial charge is 0.0462 e. The number of ether oxygens (including phenoxy) is 1. The lowest BCUT2D eigenvalue weighted by Crippen LogP contribution is -2.34. The first-order valence-electron chi connectivity index (χ1n) is 6.55. The van der Waals surface area contributed by atoms with E-state index in [2.05, 4.69) is 12.2 Å². The molecule has 1 fully saturated rings. The van der Waals surface area contributed by atoms with Crippen LogP contribution in [-0.2, 0) is 4.74 Å². The molecule has 90 valence electrons. The Morgan fingerprint density at radius 3 is 2.80 bits per heavy atom. The van der Waals surface area contributed by atoms with Gasteiger partial charge in [-0.05, 0) is 44.6 Å². The van der Waals surface area contributed by atoms with Crippen LogP contribution in [0.15, 0.2) is 0 Å². The predicted molar refractivity (Wildman–Crippen MR) is 65.1 cm³/mol. The van der Waals surface area contributed by atoms with Crippen molar-refractivity contribution in [2.45, 2.75) is 57.9 Å². The van der Waals surface area contributed by atoms with Crippen LogP contribution < -0.4 is 5.32 Å². The van der Waals surface area contributed by atoms with Crippen molar-refractivity contribution in [3.63, 3.8) is 0 Å². The maximum Gasteiger partial charge on any atom is 0.0462 e. The number of rotatable bonds is 7. The fourth-order valence-electron chi connectivity index (χ4n) is 2.47. The van der Waals surface area contributed by atoms with Crippen molar-refractivity contribution in [2.24, 2.45) is 5.92 Å². The van der Waals surface area contributed by atoms with E-state index in [4.69, 9.17) is 4.74 Å². The monoisotopic (exact) mass is 213 g/mol. The molecule has 0 aromatic rings. The van der Waals surface area contributed by atoms with Gasteiger partial charge in [0.2, 0.25) is 0 Å². The van der Waals surface area contributed by atoms with Gasteiger partial charge in [-0.2, -0.15) is 0 Å². The Hall–Kier alpha value is -0.0800. The van der Waals surface area contributed by atoms with Crippen LogP contribution in [0.4, 0.5) is 0 Å². The van der Waals surface area contributed by atoms with E-state index in [1.807, 2.05) is 0 Å². The molecule has 15 heavy (non-hydrogen) atoms. The maximum atomic E-state index is 5.03. The summed E-state index contributed by atoms with van der Waals surface area (Å²) in [5.74, 6) is 0.935. The number of hydrogen-bond acceptors (Lipinski definition) is 2. The lowest BCUT2D eigenvalue weighted by molar-refractivity contribution is 0.191. The number of methoxy groups -OCH3 is 1. The minimum Gasteiger partial charge on any atom is -0.385 e. The second-order valence-corrected chi connectivity index (χ2v) is 4.98. The van der Waals surface area contributed by atoms with E-state index < -0.39 is 0 Å². The van der Waals surface area contributed by atoms with E-state index >= 15 is 0 Å². The van der Waals surface area contributed by atoms with E-state index in [1.165, 1.54) is 51.5 Å². The van der Waals surface area contributed by atoms with Gasteiger partial charge in [-0.3, -0.25) is 0 Å². The molecule has 0 aromatic heterocycles. The Kier molecular flexibility index (Phi) is 7.03. The molecule has 2 atom stereocenters. The van der Waals surface area contributed by atoms with Crippen LogP contribution in [0, 0.1) is 5.92 Å². The summed E-state index contributed by atoms with van der Waals surface area (Å²) < 4.78 is 5.03. The van der Waals surface area contributed by atoms with Crippen LogP contribution in [0.25, 0.3) is 0 Å². The molecule has 0 spiro atoms. The Labute approximate surface area is 94.8 Å². The highest BCUT2D eigenvalue weighted by atomic mass is 16.5. The molecular formula is C13H27NO. The van der Waals surface area contributed by atoms with Gasteiger partial charge in [-0.25, -0.2) is 0 Å². The third kappa shape index (κ3) is 6.16. The Morgan fingerprint density at radius 2 is 2.07 bits per heavy atom. The van der Waals surface area contributed by atoms with Crippen LogP contribution in [0.2, 0.25) is 0 Å². The third-order valence-corrected chi connectivity index (χ3v) is 3.39. The number of nitrogens with one attached hydrogen (secondary N) is 1. The first kappa shape index (κ1) is 13.0. The van der Waals surface area contributed by atoms with Gasteiger partial charge in [0.15, 0.2) is 0 Å². The van der Waals surface area contributed by atoms with Gasteiger partial charge in [0.25, 0.3) is 0 Å². The largest absolute Gasteiger partial charge is 0.385 e. The number of hydrogen-bond donors (Lipinski definition) is 1. The van der Waals surface area contributed by atoms with Crippen molar-refractivity contribution in [2.75, 3.05) is 20.3 Å². The number of unbranched alkanes of at least 4 members (excludes halogenated alkanes) is 2. The van der Waals surface area contributed by atoms with Crippen LogP contribution >= 0.6 is 0 Å². The zero-order valence-electron chi connectivity index (χ0n) is 10.4. The SMILES string of the molecule is COCCCCCNC1CCCC(C)C1. The Balaban J connectivity index is 1.90. The van der Waals surface area contributed by atoms with E-state index in [0.717, 1.165) is 18.6 Å². The lowest BCUT2D eigenvalue weighted by atomic mass is 9.87. The first-order chi connectivity index (χ1) is 7.33. The standard InChI is InChI=1S/C13H27NO/c1-12-7-6-8-13(11-12)14-9-4-3-5-10-15-2/h12-14H,3-11H2,1-2H3. The van der Waals surface area contributed by atoms with E-state index in [1.54, 1.807) is 7.11 Å². The quantitative estimate of drug-likeness (QED) is 0.656. The summed E-state index contributed by atoms with van der Waals surface area (Å²) in [4.78, 5) is 0. The molecule has 1 saturated carbocycles. The minimum atomic E-state index is 0.802. The van der Waals surface area contributed by atoms with Gasteiger partial charge in [-0.1, -0.05) is 19.8 Å². The molecule has 0 saturated heterocycles. The molecule has 1 N–H and O–H groups in total. The molecule has 2 heteroatoms. The summed E-state index contributed by atoms with van der Waals surface area (Å²) in [7, 11) is 1.78. The molecule has 0 aromatic carbocycles.